The Morgan fingerprint density at radius 3 is 2.93 bits per heavy atom. The van der Waals surface area contributed by atoms with E-state index in [4.69, 9.17) is 5.73 Å². The molecular formula is C10H12N4. The van der Waals surface area contributed by atoms with E-state index in [0.29, 0.717) is 6.54 Å². The summed E-state index contributed by atoms with van der Waals surface area (Å²) < 4.78 is 1.75. The molecule has 4 heteroatoms. The maximum atomic E-state index is 5.66. The SMILES string of the molecule is Cc1cccc(CN)c1-n1cncn1. The summed E-state index contributed by atoms with van der Waals surface area (Å²) in [6, 6.07) is 6.04. The lowest BCUT2D eigenvalue weighted by atomic mass is 10.1. The molecule has 2 rings (SSSR count). The highest BCUT2D eigenvalue weighted by molar-refractivity contribution is 5.46. The summed E-state index contributed by atoms with van der Waals surface area (Å²) in [7, 11) is 0. The fourth-order valence-electron chi connectivity index (χ4n) is 1.54. The molecule has 1 aromatic carbocycles. The van der Waals surface area contributed by atoms with Gasteiger partial charge in [0.1, 0.15) is 12.7 Å². The smallest absolute Gasteiger partial charge is 0.138 e. The second-order valence-electron chi connectivity index (χ2n) is 3.13. The standard InChI is InChI=1S/C10H12N4/c1-8-3-2-4-9(5-11)10(8)14-7-12-6-13-14/h2-4,6-7H,5,11H2,1H3. The molecule has 1 aromatic heterocycles. The number of rotatable bonds is 2. The normalized spacial score (nSPS) is 10.4. The summed E-state index contributed by atoms with van der Waals surface area (Å²) in [6.45, 7) is 2.55. The van der Waals surface area contributed by atoms with Crippen LogP contribution in [0.3, 0.4) is 0 Å². The van der Waals surface area contributed by atoms with E-state index in [-0.39, 0.29) is 0 Å². The minimum absolute atomic E-state index is 0.511. The molecule has 4 nitrogen and oxygen atoms in total. The number of benzene rings is 1. The zero-order valence-electron chi connectivity index (χ0n) is 8.01. The van der Waals surface area contributed by atoms with Crippen LogP contribution in [0.25, 0.3) is 5.69 Å². The van der Waals surface area contributed by atoms with Crippen LogP contribution in [0, 0.1) is 6.92 Å². The van der Waals surface area contributed by atoms with Crippen molar-refractivity contribution in [2.45, 2.75) is 13.5 Å². The molecule has 0 unspecified atom stereocenters. The molecule has 0 amide bonds. The summed E-state index contributed by atoms with van der Waals surface area (Å²) in [6.07, 6.45) is 3.20. The van der Waals surface area contributed by atoms with Gasteiger partial charge < -0.3 is 5.73 Å². The molecule has 2 N–H and O–H groups in total. The molecule has 14 heavy (non-hydrogen) atoms. The van der Waals surface area contributed by atoms with Crippen LogP contribution in [-0.4, -0.2) is 14.8 Å². The first-order valence-electron chi connectivity index (χ1n) is 4.46. The van der Waals surface area contributed by atoms with Crippen LogP contribution in [-0.2, 0) is 6.54 Å². The van der Waals surface area contributed by atoms with Crippen molar-refractivity contribution in [3.8, 4) is 5.69 Å². The van der Waals surface area contributed by atoms with Gasteiger partial charge >= 0.3 is 0 Å². The second kappa shape index (κ2) is 3.59. The van der Waals surface area contributed by atoms with E-state index in [2.05, 4.69) is 10.1 Å². The van der Waals surface area contributed by atoms with Gasteiger partial charge in [-0.25, -0.2) is 9.67 Å². The molecule has 0 saturated carbocycles. The van der Waals surface area contributed by atoms with E-state index in [1.54, 1.807) is 11.0 Å². The highest BCUT2D eigenvalue weighted by Gasteiger charge is 2.06. The van der Waals surface area contributed by atoms with Crippen LogP contribution in [0.15, 0.2) is 30.9 Å². The molecular weight excluding hydrogens is 176 g/mol. The minimum Gasteiger partial charge on any atom is -0.326 e. The fourth-order valence-corrected chi connectivity index (χ4v) is 1.54. The lowest BCUT2D eigenvalue weighted by molar-refractivity contribution is 0.849. The van der Waals surface area contributed by atoms with Crippen molar-refractivity contribution in [2.75, 3.05) is 0 Å². The third-order valence-corrected chi connectivity index (χ3v) is 2.19. The second-order valence-corrected chi connectivity index (χ2v) is 3.13. The fraction of sp³-hybridized carbons (Fsp3) is 0.200. The Kier molecular flexibility index (Phi) is 2.28. The number of aromatic nitrogens is 3. The quantitative estimate of drug-likeness (QED) is 0.766. The van der Waals surface area contributed by atoms with Gasteiger partial charge in [-0.1, -0.05) is 18.2 Å². The monoisotopic (exact) mass is 188 g/mol. The number of hydrogen-bond donors (Lipinski definition) is 1. The van der Waals surface area contributed by atoms with Crippen molar-refractivity contribution in [3.63, 3.8) is 0 Å². The van der Waals surface area contributed by atoms with Gasteiger partial charge in [-0.3, -0.25) is 0 Å². The molecule has 0 atom stereocenters. The number of para-hydroxylation sites is 1. The average molecular weight is 188 g/mol. The third kappa shape index (κ3) is 1.40. The van der Waals surface area contributed by atoms with Gasteiger partial charge in [-0.15, -0.1) is 0 Å². The van der Waals surface area contributed by atoms with Gasteiger partial charge in [0.2, 0.25) is 0 Å². The topological polar surface area (TPSA) is 56.7 Å². The van der Waals surface area contributed by atoms with Crippen LogP contribution in [0.2, 0.25) is 0 Å². The molecule has 0 saturated heterocycles. The summed E-state index contributed by atoms with van der Waals surface area (Å²) >= 11 is 0. The number of nitrogens with two attached hydrogens (primary N) is 1. The van der Waals surface area contributed by atoms with Gasteiger partial charge in [0.05, 0.1) is 5.69 Å². The highest BCUT2D eigenvalue weighted by atomic mass is 15.3. The Bertz CT molecular complexity index is 420. The molecule has 1 heterocycles. The van der Waals surface area contributed by atoms with E-state index in [1.165, 1.54) is 6.33 Å². The zero-order chi connectivity index (χ0) is 9.97. The lowest BCUT2D eigenvalue weighted by Gasteiger charge is -2.09. The number of nitrogens with zero attached hydrogens (tertiary/aromatic N) is 3. The molecule has 0 bridgehead atoms. The van der Waals surface area contributed by atoms with Crippen LogP contribution in [0.5, 0.6) is 0 Å². The molecule has 0 fully saturated rings. The van der Waals surface area contributed by atoms with Gasteiger partial charge in [-0.05, 0) is 18.1 Å². The predicted molar refractivity (Wildman–Crippen MR) is 54.0 cm³/mol. The predicted octanol–water partition coefficient (Wildman–Crippen LogP) is 1.03. The number of aryl methyl sites for hydroxylation is 1. The Balaban J connectivity index is 2.61. The van der Waals surface area contributed by atoms with Crippen LogP contribution >= 0.6 is 0 Å². The van der Waals surface area contributed by atoms with Crippen molar-refractivity contribution >= 4 is 0 Å². The first kappa shape index (κ1) is 8.90. The molecule has 0 aliphatic heterocycles. The Labute approximate surface area is 82.4 Å². The maximum absolute atomic E-state index is 5.66. The number of hydrogen-bond acceptors (Lipinski definition) is 3. The average Bonchev–Trinajstić information content (AvgIpc) is 2.70. The van der Waals surface area contributed by atoms with Crippen molar-refractivity contribution in [3.05, 3.63) is 42.0 Å². The maximum Gasteiger partial charge on any atom is 0.138 e. The van der Waals surface area contributed by atoms with E-state index >= 15 is 0 Å². The van der Waals surface area contributed by atoms with Crippen molar-refractivity contribution < 1.29 is 0 Å². The molecule has 72 valence electrons. The molecule has 0 radical (unpaired) electrons. The summed E-state index contributed by atoms with van der Waals surface area (Å²) in [5, 5.41) is 4.11. The van der Waals surface area contributed by atoms with Crippen LogP contribution < -0.4 is 5.73 Å². The highest BCUT2D eigenvalue weighted by Crippen LogP contribution is 2.17. The molecule has 0 spiro atoms. The van der Waals surface area contributed by atoms with E-state index in [9.17, 15) is 0 Å². The lowest BCUT2D eigenvalue weighted by Crippen LogP contribution is -2.06. The Hall–Kier alpha value is -1.68. The van der Waals surface area contributed by atoms with Crippen LogP contribution in [0.4, 0.5) is 0 Å². The molecule has 0 aliphatic carbocycles. The Morgan fingerprint density at radius 1 is 1.43 bits per heavy atom. The van der Waals surface area contributed by atoms with Crippen molar-refractivity contribution in [1.29, 1.82) is 0 Å². The van der Waals surface area contributed by atoms with Gasteiger partial charge in [0.25, 0.3) is 0 Å². The minimum atomic E-state index is 0.511. The van der Waals surface area contributed by atoms with Gasteiger partial charge in [0.15, 0.2) is 0 Å². The van der Waals surface area contributed by atoms with Crippen LogP contribution in [0.1, 0.15) is 11.1 Å². The van der Waals surface area contributed by atoms with E-state index in [1.807, 2.05) is 25.1 Å². The third-order valence-electron chi connectivity index (χ3n) is 2.19. The summed E-state index contributed by atoms with van der Waals surface area (Å²) in [5.41, 5.74) is 8.93. The first-order chi connectivity index (χ1) is 6.83. The van der Waals surface area contributed by atoms with E-state index in [0.717, 1.165) is 16.8 Å². The summed E-state index contributed by atoms with van der Waals surface area (Å²) in [5.74, 6) is 0. The molecule has 2 aromatic rings. The molecule has 0 aliphatic rings. The summed E-state index contributed by atoms with van der Waals surface area (Å²) in [4.78, 5) is 3.93. The van der Waals surface area contributed by atoms with E-state index < -0.39 is 0 Å². The zero-order valence-corrected chi connectivity index (χ0v) is 8.01. The van der Waals surface area contributed by atoms with Gasteiger partial charge in [-0.2, -0.15) is 5.10 Å². The van der Waals surface area contributed by atoms with Gasteiger partial charge in [0, 0.05) is 6.54 Å². The van der Waals surface area contributed by atoms with Crippen molar-refractivity contribution in [2.24, 2.45) is 5.73 Å². The largest absolute Gasteiger partial charge is 0.326 e. The van der Waals surface area contributed by atoms with Crippen molar-refractivity contribution in [1.82, 2.24) is 14.8 Å². The first-order valence-corrected chi connectivity index (χ1v) is 4.46. The Morgan fingerprint density at radius 2 is 2.29 bits per heavy atom.